The lowest BCUT2D eigenvalue weighted by molar-refractivity contribution is 0.205. The molecule has 0 radical (unpaired) electrons. The number of amides is 2. The Hall–Kier alpha value is -2.90. The number of fused-ring (bicyclic) bond motifs is 1. The number of hydrogen-bond donors (Lipinski definition) is 2. The summed E-state index contributed by atoms with van der Waals surface area (Å²) in [6, 6.07) is 4.03. The smallest absolute Gasteiger partial charge is 0.322 e. The number of anilines is 1. The van der Waals surface area contributed by atoms with Crippen molar-refractivity contribution >= 4 is 22.8 Å². The molecule has 8 heteroatoms. The maximum Gasteiger partial charge on any atom is 0.322 e. The number of imidazole rings is 1. The Morgan fingerprint density at radius 2 is 2.28 bits per heavy atom. The molecule has 1 aliphatic heterocycles. The topological polar surface area (TPSA) is 87.1 Å². The monoisotopic (exact) mass is 343 g/mol. The van der Waals surface area contributed by atoms with Gasteiger partial charge in [0.2, 0.25) is 0 Å². The van der Waals surface area contributed by atoms with Gasteiger partial charge < -0.3 is 19.7 Å². The highest BCUT2D eigenvalue weighted by molar-refractivity contribution is 5.91. The quantitative estimate of drug-likeness (QED) is 0.743. The Morgan fingerprint density at radius 3 is 3.04 bits per heavy atom. The van der Waals surface area contributed by atoms with Crippen molar-refractivity contribution in [2.75, 3.05) is 11.9 Å². The molecule has 2 amide bonds. The van der Waals surface area contributed by atoms with Crippen LogP contribution in [0.4, 0.5) is 14.9 Å². The molecule has 130 valence electrons. The number of urea groups is 1. The average molecular weight is 343 g/mol. The zero-order valence-corrected chi connectivity index (χ0v) is 14.0. The number of nitrogens with zero attached hydrogens (tertiary/aromatic N) is 3. The van der Waals surface area contributed by atoms with E-state index in [0.29, 0.717) is 40.5 Å². The fraction of sp³-hybridized carbons (Fsp3) is 0.353. The number of H-pyrrole nitrogens is 1. The van der Waals surface area contributed by atoms with Crippen LogP contribution in [0.25, 0.3) is 11.0 Å². The third-order valence-corrected chi connectivity index (χ3v) is 4.56. The van der Waals surface area contributed by atoms with E-state index in [1.807, 2.05) is 0 Å². The van der Waals surface area contributed by atoms with Crippen molar-refractivity contribution in [1.29, 1.82) is 0 Å². The lowest BCUT2D eigenvalue weighted by Gasteiger charge is -2.23. The molecule has 3 aromatic rings. The largest absolute Gasteiger partial charge is 0.359 e. The second-order valence-corrected chi connectivity index (χ2v) is 6.26. The summed E-state index contributed by atoms with van der Waals surface area (Å²) in [5.74, 6) is 0.926. The van der Waals surface area contributed by atoms with Crippen LogP contribution in [0.15, 0.2) is 22.7 Å². The van der Waals surface area contributed by atoms with E-state index in [-0.39, 0.29) is 17.9 Å². The zero-order valence-electron chi connectivity index (χ0n) is 14.0. The molecule has 2 N–H and O–H groups in total. The molecule has 1 aromatic carbocycles. The predicted molar refractivity (Wildman–Crippen MR) is 89.7 cm³/mol. The minimum absolute atomic E-state index is 0.170. The number of aromatic nitrogens is 3. The van der Waals surface area contributed by atoms with Gasteiger partial charge in [-0.25, -0.2) is 14.2 Å². The summed E-state index contributed by atoms with van der Waals surface area (Å²) in [5, 5.41) is 6.72. The highest BCUT2D eigenvalue weighted by Gasteiger charge is 2.33. The van der Waals surface area contributed by atoms with Gasteiger partial charge in [-0.2, -0.15) is 0 Å². The van der Waals surface area contributed by atoms with Gasteiger partial charge in [-0.05, 0) is 44.9 Å². The highest BCUT2D eigenvalue weighted by Crippen LogP contribution is 2.32. The summed E-state index contributed by atoms with van der Waals surface area (Å²) < 4.78 is 18.5. The molecule has 1 saturated heterocycles. The molecule has 0 aliphatic carbocycles. The highest BCUT2D eigenvalue weighted by atomic mass is 19.1. The van der Waals surface area contributed by atoms with Gasteiger partial charge in [0.15, 0.2) is 5.76 Å². The van der Waals surface area contributed by atoms with Gasteiger partial charge in [0.1, 0.15) is 23.0 Å². The first-order valence-electron chi connectivity index (χ1n) is 8.18. The summed E-state index contributed by atoms with van der Waals surface area (Å²) in [7, 11) is 0. The first-order chi connectivity index (χ1) is 12.0. The Kier molecular flexibility index (Phi) is 3.67. The normalized spacial score (nSPS) is 17.4. The first kappa shape index (κ1) is 15.6. The molecule has 0 saturated carbocycles. The zero-order chi connectivity index (χ0) is 17.6. The maximum atomic E-state index is 13.4. The first-order valence-corrected chi connectivity index (χ1v) is 8.18. The predicted octanol–water partition coefficient (Wildman–Crippen LogP) is 3.68. The van der Waals surface area contributed by atoms with Crippen molar-refractivity contribution in [2.24, 2.45) is 0 Å². The van der Waals surface area contributed by atoms with Crippen LogP contribution in [0, 0.1) is 19.7 Å². The summed E-state index contributed by atoms with van der Waals surface area (Å²) in [6.07, 6.45) is 1.68. The number of nitrogens with one attached hydrogen (secondary N) is 2. The third kappa shape index (κ3) is 2.73. The van der Waals surface area contributed by atoms with Crippen molar-refractivity contribution in [3.05, 3.63) is 41.3 Å². The second kappa shape index (κ2) is 5.87. The van der Waals surface area contributed by atoms with Gasteiger partial charge >= 0.3 is 6.03 Å². The fourth-order valence-electron chi connectivity index (χ4n) is 3.29. The third-order valence-electron chi connectivity index (χ3n) is 4.56. The molecule has 3 heterocycles. The lowest BCUT2D eigenvalue weighted by Crippen LogP contribution is -2.35. The van der Waals surface area contributed by atoms with Crippen LogP contribution in [-0.4, -0.2) is 32.6 Å². The van der Waals surface area contributed by atoms with Crippen LogP contribution in [0.2, 0.25) is 0 Å². The molecular weight excluding hydrogens is 325 g/mol. The van der Waals surface area contributed by atoms with Crippen molar-refractivity contribution in [3.63, 3.8) is 0 Å². The SMILES string of the molecule is Cc1noc(C)c1NC(=O)N1CCCC1c1nc2ccc(F)cc2[nH]1. The fourth-order valence-corrected chi connectivity index (χ4v) is 3.29. The van der Waals surface area contributed by atoms with E-state index in [9.17, 15) is 9.18 Å². The number of rotatable bonds is 2. The number of benzene rings is 1. The Labute approximate surface area is 143 Å². The molecular formula is C17H18FN5O2. The minimum atomic E-state index is -0.317. The van der Waals surface area contributed by atoms with Crippen LogP contribution in [0.5, 0.6) is 0 Å². The van der Waals surface area contributed by atoms with E-state index in [0.717, 1.165) is 12.8 Å². The number of likely N-dealkylation sites (tertiary alicyclic amines) is 1. The molecule has 1 aliphatic rings. The van der Waals surface area contributed by atoms with E-state index in [2.05, 4.69) is 20.4 Å². The molecule has 25 heavy (non-hydrogen) atoms. The molecule has 7 nitrogen and oxygen atoms in total. The number of aryl methyl sites for hydroxylation is 2. The van der Waals surface area contributed by atoms with E-state index in [1.54, 1.807) is 24.8 Å². The summed E-state index contributed by atoms with van der Waals surface area (Å²) in [6.45, 7) is 4.16. The molecule has 1 atom stereocenters. The van der Waals surface area contributed by atoms with Gasteiger partial charge in [0.05, 0.1) is 17.1 Å². The van der Waals surface area contributed by atoms with Crippen LogP contribution >= 0.6 is 0 Å². The second-order valence-electron chi connectivity index (χ2n) is 6.26. The number of halogens is 1. The van der Waals surface area contributed by atoms with Gasteiger partial charge in [0, 0.05) is 6.54 Å². The molecule has 2 aromatic heterocycles. The van der Waals surface area contributed by atoms with Crippen molar-refractivity contribution < 1.29 is 13.7 Å². The number of carbonyl (C=O) groups is 1. The number of hydrogen-bond acceptors (Lipinski definition) is 4. The Morgan fingerprint density at radius 1 is 1.44 bits per heavy atom. The lowest BCUT2D eigenvalue weighted by atomic mass is 10.2. The van der Waals surface area contributed by atoms with Crippen LogP contribution < -0.4 is 5.32 Å². The number of carbonyl (C=O) groups excluding carboxylic acids is 1. The summed E-state index contributed by atoms with van der Waals surface area (Å²) in [5.41, 5.74) is 2.56. The van der Waals surface area contributed by atoms with E-state index in [4.69, 9.17) is 4.52 Å². The van der Waals surface area contributed by atoms with Gasteiger partial charge in [0.25, 0.3) is 0 Å². The summed E-state index contributed by atoms with van der Waals surface area (Å²) in [4.78, 5) is 22.1. The molecule has 1 fully saturated rings. The summed E-state index contributed by atoms with van der Waals surface area (Å²) >= 11 is 0. The Bertz CT molecular complexity index is 928. The van der Waals surface area contributed by atoms with E-state index >= 15 is 0 Å². The van der Waals surface area contributed by atoms with Crippen LogP contribution in [0.1, 0.15) is 36.2 Å². The van der Waals surface area contributed by atoms with Crippen molar-refractivity contribution in [3.8, 4) is 0 Å². The van der Waals surface area contributed by atoms with E-state index < -0.39 is 0 Å². The van der Waals surface area contributed by atoms with Crippen molar-refractivity contribution in [2.45, 2.75) is 32.7 Å². The molecule has 4 rings (SSSR count). The maximum absolute atomic E-state index is 13.4. The van der Waals surface area contributed by atoms with Crippen molar-refractivity contribution in [1.82, 2.24) is 20.0 Å². The molecule has 0 spiro atoms. The van der Waals surface area contributed by atoms with Crippen LogP contribution in [-0.2, 0) is 0 Å². The van der Waals surface area contributed by atoms with Gasteiger partial charge in [-0.1, -0.05) is 5.16 Å². The minimum Gasteiger partial charge on any atom is -0.359 e. The van der Waals surface area contributed by atoms with Gasteiger partial charge in [-0.15, -0.1) is 0 Å². The standard InChI is InChI=1S/C17H18FN5O2/c1-9-15(10(2)25-22-9)21-17(24)23-7-3-4-14(23)16-19-12-6-5-11(18)8-13(12)20-16/h5-6,8,14H,3-4,7H2,1-2H3,(H,19,20)(H,21,24). The average Bonchev–Trinajstić information content (AvgIpc) is 3.28. The molecule has 1 unspecified atom stereocenters. The van der Waals surface area contributed by atoms with Gasteiger partial charge in [-0.3, -0.25) is 0 Å². The number of aromatic amines is 1. The van der Waals surface area contributed by atoms with E-state index in [1.165, 1.54) is 12.1 Å². The Balaban J connectivity index is 1.60. The van der Waals surface area contributed by atoms with Crippen LogP contribution in [0.3, 0.4) is 0 Å². The molecule has 0 bridgehead atoms.